The first kappa shape index (κ1) is 10.5. The zero-order valence-corrected chi connectivity index (χ0v) is 8.38. The highest BCUT2D eigenvalue weighted by Gasteiger charge is 2.15. The van der Waals surface area contributed by atoms with Gasteiger partial charge >= 0.3 is 0 Å². The Hall–Kier alpha value is -0.570. The van der Waals surface area contributed by atoms with Crippen molar-refractivity contribution in [3.63, 3.8) is 0 Å². The molecular formula is C10H20N2O. The summed E-state index contributed by atoms with van der Waals surface area (Å²) in [7, 11) is 0. The fourth-order valence-corrected chi connectivity index (χ4v) is 1.96. The minimum atomic E-state index is -0.216. The summed E-state index contributed by atoms with van der Waals surface area (Å²) in [6.07, 6.45) is 5.88. The van der Waals surface area contributed by atoms with Crippen LogP contribution in [0.5, 0.6) is 0 Å². The lowest BCUT2D eigenvalue weighted by Crippen LogP contribution is -2.33. The van der Waals surface area contributed by atoms with Gasteiger partial charge in [-0.15, -0.1) is 0 Å². The molecule has 0 heterocycles. The van der Waals surface area contributed by atoms with Crippen molar-refractivity contribution in [3.05, 3.63) is 0 Å². The molecule has 1 fully saturated rings. The van der Waals surface area contributed by atoms with Crippen molar-refractivity contribution in [2.24, 2.45) is 11.7 Å². The van der Waals surface area contributed by atoms with Gasteiger partial charge in [0.15, 0.2) is 0 Å². The Morgan fingerprint density at radius 1 is 1.54 bits per heavy atom. The lowest BCUT2D eigenvalue weighted by Gasteiger charge is -2.15. The van der Waals surface area contributed by atoms with Crippen LogP contribution in [0, 0.1) is 5.92 Å². The maximum absolute atomic E-state index is 10.6. The maximum atomic E-state index is 10.6. The Labute approximate surface area is 80.1 Å². The van der Waals surface area contributed by atoms with Crippen LogP contribution in [0.3, 0.4) is 0 Å². The van der Waals surface area contributed by atoms with Crippen LogP contribution in [0.15, 0.2) is 0 Å². The first-order valence-corrected chi connectivity index (χ1v) is 5.20. The van der Waals surface area contributed by atoms with Crippen molar-refractivity contribution < 1.29 is 4.79 Å². The average molecular weight is 184 g/mol. The summed E-state index contributed by atoms with van der Waals surface area (Å²) < 4.78 is 0. The molecule has 0 radical (unpaired) electrons. The second-order valence-corrected chi connectivity index (χ2v) is 4.13. The summed E-state index contributed by atoms with van der Waals surface area (Å²) in [4.78, 5) is 10.6. The molecule has 1 aliphatic carbocycles. The molecule has 0 spiro atoms. The van der Waals surface area contributed by atoms with E-state index in [9.17, 15) is 4.79 Å². The van der Waals surface area contributed by atoms with Crippen LogP contribution in [0.25, 0.3) is 0 Å². The van der Waals surface area contributed by atoms with Gasteiger partial charge < -0.3 is 11.1 Å². The van der Waals surface area contributed by atoms with Gasteiger partial charge in [0, 0.05) is 12.5 Å². The van der Waals surface area contributed by atoms with Crippen molar-refractivity contribution in [1.29, 1.82) is 0 Å². The lowest BCUT2D eigenvalue weighted by molar-refractivity contribution is -0.118. The normalized spacial score (nSPS) is 20.4. The summed E-state index contributed by atoms with van der Waals surface area (Å²) in [5.41, 5.74) is 5.10. The highest BCUT2D eigenvalue weighted by atomic mass is 16.1. The van der Waals surface area contributed by atoms with Crippen LogP contribution in [0.1, 0.15) is 39.0 Å². The van der Waals surface area contributed by atoms with Gasteiger partial charge in [-0.1, -0.05) is 12.8 Å². The predicted molar refractivity (Wildman–Crippen MR) is 53.2 cm³/mol. The van der Waals surface area contributed by atoms with E-state index in [0.29, 0.717) is 6.42 Å². The molecule has 1 rings (SSSR count). The molecule has 0 aromatic carbocycles. The summed E-state index contributed by atoms with van der Waals surface area (Å²) in [5.74, 6) is 0.613. The molecule has 0 aromatic rings. The smallest absolute Gasteiger partial charge is 0.218 e. The number of carbonyl (C=O) groups is 1. The van der Waals surface area contributed by atoms with Crippen LogP contribution >= 0.6 is 0 Å². The zero-order chi connectivity index (χ0) is 9.68. The topological polar surface area (TPSA) is 55.1 Å². The molecule has 3 N–H and O–H groups in total. The molecule has 1 aliphatic rings. The summed E-state index contributed by atoms with van der Waals surface area (Å²) in [6.45, 7) is 3.06. The second-order valence-electron chi connectivity index (χ2n) is 4.13. The van der Waals surface area contributed by atoms with Gasteiger partial charge in [0.1, 0.15) is 0 Å². The largest absolute Gasteiger partial charge is 0.370 e. The third-order valence-corrected chi connectivity index (χ3v) is 2.74. The van der Waals surface area contributed by atoms with Crippen LogP contribution < -0.4 is 11.1 Å². The minimum Gasteiger partial charge on any atom is -0.370 e. The fourth-order valence-electron chi connectivity index (χ4n) is 1.96. The standard InChI is InChI=1S/C10H20N2O/c1-8(6-10(11)13)12-7-9-4-2-3-5-9/h8-9,12H,2-7H2,1H3,(H2,11,13). The SMILES string of the molecule is CC(CC(N)=O)NCC1CCCC1. The van der Waals surface area contributed by atoms with Crippen LogP contribution in [-0.2, 0) is 4.79 Å². The molecule has 1 amide bonds. The highest BCUT2D eigenvalue weighted by Crippen LogP contribution is 2.23. The minimum absolute atomic E-state index is 0.216. The average Bonchev–Trinajstić information content (AvgIpc) is 2.51. The maximum Gasteiger partial charge on any atom is 0.218 e. The number of rotatable bonds is 5. The van der Waals surface area contributed by atoms with Crippen LogP contribution in [0.4, 0.5) is 0 Å². The van der Waals surface area contributed by atoms with E-state index in [-0.39, 0.29) is 11.9 Å². The van der Waals surface area contributed by atoms with E-state index in [2.05, 4.69) is 5.32 Å². The number of nitrogens with two attached hydrogens (primary N) is 1. The third-order valence-electron chi connectivity index (χ3n) is 2.74. The van der Waals surface area contributed by atoms with Gasteiger partial charge in [0.05, 0.1) is 0 Å². The van der Waals surface area contributed by atoms with Crippen molar-refractivity contribution >= 4 is 5.91 Å². The van der Waals surface area contributed by atoms with Crippen molar-refractivity contribution in [1.82, 2.24) is 5.32 Å². The van der Waals surface area contributed by atoms with Gasteiger partial charge in [-0.3, -0.25) is 4.79 Å². The molecular weight excluding hydrogens is 164 g/mol. The van der Waals surface area contributed by atoms with E-state index in [1.54, 1.807) is 0 Å². The third kappa shape index (κ3) is 4.27. The zero-order valence-electron chi connectivity index (χ0n) is 8.38. The second kappa shape index (κ2) is 5.22. The van der Waals surface area contributed by atoms with Crippen molar-refractivity contribution in [2.45, 2.75) is 45.1 Å². The van der Waals surface area contributed by atoms with Crippen LogP contribution in [-0.4, -0.2) is 18.5 Å². The molecule has 0 aromatic heterocycles. The molecule has 1 atom stereocenters. The van der Waals surface area contributed by atoms with E-state index in [0.717, 1.165) is 12.5 Å². The van der Waals surface area contributed by atoms with E-state index < -0.39 is 0 Å². The van der Waals surface area contributed by atoms with Crippen LogP contribution in [0.2, 0.25) is 0 Å². The first-order valence-electron chi connectivity index (χ1n) is 5.20. The fraction of sp³-hybridized carbons (Fsp3) is 0.900. The quantitative estimate of drug-likeness (QED) is 0.670. The highest BCUT2D eigenvalue weighted by molar-refractivity contribution is 5.74. The molecule has 76 valence electrons. The van der Waals surface area contributed by atoms with Gasteiger partial charge in [-0.05, 0) is 32.2 Å². The summed E-state index contributed by atoms with van der Waals surface area (Å²) in [5, 5.41) is 3.36. The summed E-state index contributed by atoms with van der Waals surface area (Å²) in [6, 6.07) is 0.234. The number of hydrogen-bond acceptors (Lipinski definition) is 2. The summed E-state index contributed by atoms with van der Waals surface area (Å²) >= 11 is 0. The molecule has 0 saturated heterocycles. The van der Waals surface area contributed by atoms with E-state index in [1.807, 2.05) is 6.92 Å². The first-order chi connectivity index (χ1) is 6.18. The Morgan fingerprint density at radius 2 is 2.15 bits per heavy atom. The Kier molecular flexibility index (Phi) is 4.22. The monoisotopic (exact) mass is 184 g/mol. The molecule has 0 bridgehead atoms. The van der Waals surface area contributed by atoms with Gasteiger partial charge in [-0.25, -0.2) is 0 Å². The predicted octanol–water partition coefficient (Wildman–Crippen LogP) is 1.03. The van der Waals surface area contributed by atoms with Gasteiger partial charge in [0.2, 0.25) is 5.91 Å². The Morgan fingerprint density at radius 3 is 2.69 bits per heavy atom. The number of hydrogen-bond donors (Lipinski definition) is 2. The molecule has 13 heavy (non-hydrogen) atoms. The molecule has 3 heteroatoms. The number of nitrogens with one attached hydrogen (secondary N) is 1. The van der Waals surface area contributed by atoms with Crippen molar-refractivity contribution in [3.8, 4) is 0 Å². The lowest BCUT2D eigenvalue weighted by atomic mass is 10.1. The Bertz CT molecular complexity index is 164. The van der Waals surface area contributed by atoms with Gasteiger partial charge in [-0.2, -0.15) is 0 Å². The van der Waals surface area contributed by atoms with Gasteiger partial charge in [0.25, 0.3) is 0 Å². The van der Waals surface area contributed by atoms with E-state index in [1.165, 1.54) is 25.7 Å². The molecule has 1 unspecified atom stereocenters. The number of carbonyl (C=O) groups excluding carboxylic acids is 1. The number of primary amides is 1. The number of amides is 1. The molecule has 3 nitrogen and oxygen atoms in total. The van der Waals surface area contributed by atoms with E-state index in [4.69, 9.17) is 5.73 Å². The Balaban J connectivity index is 2.06. The molecule has 0 aliphatic heterocycles. The molecule has 1 saturated carbocycles. The van der Waals surface area contributed by atoms with Crippen molar-refractivity contribution in [2.75, 3.05) is 6.54 Å². The van der Waals surface area contributed by atoms with E-state index >= 15 is 0 Å².